The molecule has 0 aliphatic carbocycles. The third-order valence-electron chi connectivity index (χ3n) is 4.08. The minimum Gasteiger partial charge on any atom is -0.478 e. The maximum atomic E-state index is 11.3. The molecule has 20 heavy (non-hydrogen) atoms. The fourth-order valence-corrected chi connectivity index (χ4v) is 2.08. The summed E-state index contributed by atoms with van der Waals surface area (Å²) in [7, 11) is -0.587. The molecule has 0 aromatic carbocycles. The SMILES string of the molecule is CCc1ncc(B2OC(C)(C)C(C)(C)O2)cc1C(=O)O. The molecule has 1 aromatic heterocycles. The number of nitrogens with zero attached hydrogens (tertiary/aromatic N) is 1. The summed E-state index contributed by atoms with van der Waals surface area (Å²) in [6.45, 7) is 9.71. The first-order chi connectivity index (χ1) is 9.18. The van der Waals surface area contributed by atoms with Gasteiger partial charge >= 0.3 is 13.1 Å². The van der Waals surface area contributed by atoms with Crippen molar-refractivity contribution in [3.63, 3.8) is 0 Å². The molecule has 108 valence electrons. The van der Waals surface area contributed by atoms with Crippen LogP contribution in [0.1, 0.15) is 50.7 Å². The Morgan fingerprint density at radius 2 is 1.85 bits per heavy atom. The molecular formula is C14H20BNO4. The van der Waals surface area contributed by atoms with E-state index in [2.05, 4.69) is 4.98 Å². The van der Waals surface area contributed by atoms with Crippen LogP contribution in [0.2, 0.25) is 0 Å². The summed E-state index contributed by atoms with van der Waals surface area (Å²) in [4.78, 5) is 15.5. The second-order valence-corrected chi connectivity index (χ2v) is 6.01. The number of carboxylic acids is 1. The van der Waals surface area contributed by atoms with Crippen LogP contribution < -0.4 is 5.46 Å². The fourth-order valence-electron chi connectivity index (χ4n) is 2.08. The Balaban J connectivity index is 2.36. The number of aromatic carboxylic acids is 1. The number of aromatic nitrogens is 1. The van der Waals surface area contributed by atoms with Gasteiger partial charge < -0.3 is 14.4 Å². The van der Waals surface area contributed by atoms with Crippen molar-refractivity contribution in [2.24, 2.45) is 0 Å². The van der Waals surface area contributed by atoms with Crippen LogP contribution in [-0.4, -0.2) is 34.4 Å². The third-order valence-corrected chi connectivity index (χ3v) is 4.08. The lowest BCUT2D eigenvalue weighted by atomic mass is 9.79. The molecule has 1 fully saturated rings. The van der Waals surface area contributed by atoms with Gasteiger partial charge in [-0.2, -0.15) is 0 Å². The first-order valence-corrected chi connectivity index (χ1v) is 6.75. The van der Waals surface area contributed by atoms with Crippen molar-refractivity contribution in [3.05, 3.63) is 23.5 Å². The summed E-state index contributed by atoms with van der Waals surface area (Å²) in [5.74, 6) is -0.979. The molecule has 5 nitrogen and oxygen atoms in total. The predicted octanol–water partition coefficient (Wildman–Crippen LogP) is 1.64. The van der Waals surface area contributed by atoms with Crippen molar-refractivity contribution in [2.75, 3.05) is 0 Å². The highest BCUT2D eigenvalue weighted by molar-refractivity contribution is 6.62. The summed E-state index contributed by atoms with van der Waals surface area (Å²) in [6, 6.07) is 1.59. The molecule has 0 amide bonds. The maximum absolute atomic E-state index is 11.3. The van der Waals surface area contributed by atoms with Crippen molar-refractivity contribution in [1.82, 2.24) is 4.98 Å². The summed E-state index contributed by atoms with van der Waals surface area (Å²) in [5.41, 5.74) is 0.505. The zero-order valence-electron chi connectivity index (χ0n) is 12.6. The normalized spacial score (nSPS) is 20.1. The van der Waals surface area contributed by atoms with Crippen LogP contribution in [0, 0.1) is 0 Å². The molecular weight excluding hydrogens is 257 g/mol. The zero-order valence-corrected chi connectivity index (χ0v) is 12.6. The molecule has 1 aromatic rings. The summed E-state index contributed by atoms with van der Waals surface area (Å²) < 4.78 is 11.8. The molecule has 1 aliphatic rings. The second-order valence-electron chi connectivity index (χ2n) is 6.01. The standard InChI is InChI=1S/C14H20BNO4/c1-6-11-10(12(17)18)7-9(8-16-11)15-19-13(2,3)14(4,5)20-15/h7-8H,6H2,1-5H3,(H,17,18). The van der Waals surface area contributed by atoms with Gasteiger partial charge in [-0.3, -0.25) is 4.98 Å². The van der Waals surface area contributed by atoms with Gasteiger partial charge in [-0.05, 0) is 40.2 Å². The van der Waals surface area contributed by atoms with E-state index < -0.39 is 24.3 Å². The van der Waals surface area contributed by atoms with Gasteiger partial charge in [0, 0.05) is 11.7 Å². The molecule has 0 saturated carbocycles. The van der Waals surface area contributed by atoms with Crippen molar-refractivity contribution < 1.29 is 19.2 Å². The molecule has 1 saturated heterocycles. The van der Waals surface area contributed by atoms with E-state index >= 15 is 0 Å². The van der Waals surface area contributed by atoms with Gasteiger partial charge in [-0.25, -0.2) is 4.79 Å². The van der Waals surface area contributed by atoms with E-state index in [1.807, 2.05) is 34.6 Å². The summed E-state index contributed by atoms with van der Waals surface area (Å²) in [6.07, 6.45) is 2.21. The molecule has 0 spiro atoms. The minimum absolute atomic E-state index is 0.208. The van der Waals surface area contributed by atoms with Crippen LogP contribution >= 0.6 is 0 Å². The predicted molar refractivity (Wildman–Crippen MR) is 76.3 cm³/mol. The van der Waals surface area contributed by atoms with Crippen molar-refractivity contribution in [1.29, 1.82) is 0 Å². The average Bonchev–Trinajstić information content (AvgIpc) is 2.57. The van der Waals surface area contributed by atoms with Crippen molar-refractivity contribution >= 4 is 18.6 Å². The number of pyridine rings is 1. The monoisotopic (exact) mass is 277 g/mol. The molecule has 0 bridgehead atoms. The number of carboxylic acid groups (broad SMARTS) is 1. The van der Waals surface area contributed by atoms with Crippen LogP contribution in [0.25, 0.3) is 0 Å². The number of hydrogen-bond donors (Lipinski definition) is 1. The van der Waals surface area contributed by atoms with Crippen molar-refractivity contribution in [3.8, 4) is 0 Å². The molecule has 0 radical (unpaired) electrons. The molecule has 6 heteroatoms. The van der Waals surface area contributed by atoms with Crippen molar-refractivity contribution in [2.45, 2.75) is 52.2 Å². The highest BCUT2D eigenvalue weighted by Crippen LogP contribution is 2.36. The molecule has 1 aliphatic heterocycles. The third kappa shape index (κ3) is 2.45. The van der Waals surface area contributed by atoms with Gasteiger partial charge in [0.05, 0.1) is 22.5 Å². The molecule has 0 atom stereocenters. The zero-order chi connectivity index (χ0) is 15.1. The number of hydrogen-bond acceptors (Lipinski definition) is 4. The van der Waals surface area contributed by atoms with Crippen LogP contribution in [0.4, 0.5) is 0 Å². The van der Waals surface area contributed by atoms with E-state index in [1.165, 1.54) is 0 Å². The Kier molecular flexibility index (Phi) is 3.65. The minimum atomic E-state index is -0.979. The summed E-state index contributed by atoms with van der Waals surface area (Å²) >= 11 is 0. The Labute approximate surface area is 119 Å². The smallest absolute Gasteiger partial charge is 0.478 e. The average molecular weight is 277 g/mol. The lowest BCUT2D eigenvalue weighted by Gasteiger charge is -2.32. The highest BCUT2D eigenvalue weighted by atomic mass is 16.7. The summed E-state index contributed by atoms with van der Waals surface area (Å²) in [5, 5.41) is 9.25. The van der Waals surface area contributed by atoms with E-state index in [0.717, 1.165) is 0 Å². The van der Waals surface area contributed by atoms with E-state index in [1.54, 1.807) is 12.3 Å². The molecule has 2 heterocycles. The Hall–Kier alpha value is -1.40. The first-order valence-electron chi connectivity index (χ1n) is 6.75. The Bertz CT molecular complexity index is 526. The Morgan fingerprint density at radius 1 is 1.30 bits per heavy atom. The number of carbonyl (C=O) groups is 1. The van der Waals surface area contributed by atoms with E-state index in [0.29, 0.717) is 17.6 Å². The van der Waals surface area contributed by atoms with E-state index in [-0.39, 0.29) is 5.56 Å². The quantitative estimate of drug-likeness (QED) is 0.851. The number of rotatable bonds is 3. The van der Waals surface area contributed by atoms with Crippen LogP contribution in [0.5, 0.6) is 0 Å². The molecule has 0 unspecified atom stereocenters. The Morgan fingerprint density at radius 3 is 2.30 bits per heavy atom. The van der Waals surface area contributed by atoms with Gasteiger partial charge in [-0.1, -0.05) is 6.92 Å². The maximum Gasteiger partial charge on any atom is 0.496 e. The second kappa shape index (κ2) is 4.86. The lowest BCUT2D eigenvalue weighted by molar-refractivity contribution is 0.00578. The first kappa shape index (κ1) is 15.0. The molecule has 2 rings (SSSR count). The van der Waals surface area contributed by atoms with Crippen LogP contribution in [0.15, 0.2) is 12.3 Å². The molecule has 1 N–H and O–H groups in total. The lowest BCUT2D eigenvalue weighted by Crippen LogP contribution is -2.41. The fraction of sp³-hybridized carbons (Fsp3) is 0.571. The van der Waals surface area contributed by atoms with Crippen LogP contribution in [-0.2, 0) is 15.7 Å². The van der Waals surface area contributed by atoms with Gasteiger partial charge in [0.2, 0.25) is 0 Å². The van der Waals surface area contributed by atoms with Crippen LogP contribution in [0.3, 0.4) is 0 Å². The highest BCUT2D eigenvalue weighted by Gasteiger charge is 2.51. The van der Waals surface area contributed by atoms with Gasteiger partial charge in [-0.15, -0.1) is 0 Å². The van der Waals surface area contributed by atoms with E-state index in [9.17, 15) is 9.90 Å². The van der Waals surface area contributed by atoms with E-state index in [4.69, 9.17) is 9.31 Å². The van der Waals surface area contributed by atoms with Gasteiger partial charge in [0.25, 0.3) is 0 Å². The topological polar surface area (TPSA) is 68.7 Å². The van der Waals surface area contributed by atoms with Gasteiger partial charge in [0.15, 0.2) is 0 Å². The largest absolute Gasteiger partial charge is 0.496 e. The van der Waals surface area contributed by atoms with Gasteiger partial charge in [0.1, 0.15) is 0 Å². The number of aryl methyl sites for hydroxylation is 1.